The maximum atomic E-state index is 12.6. The van der Waals surface area contributed by atoms with Crippen molar-refractivity contribution < 1.29 is 18.7 Å². The number of carbonyl (C=O) groups excluding carboxylic acids is 1. The highest BCUT2D eigenvalue weighted by atomic mass is 19.3. The van der Waals surface area contributed by atoms with Crippen molar-refractivity contribution in [1.29, 1.82) is 0 Å². The van der Waals surface area contributed by atoms with Crippen LogP contribution in [0.5, 0.6) is 0 Å². The number of hydrogen-bond donors (Lipinski definition) is 2. The number of carbonyl (C=O) groups is 1. The largest absolute Gasteiger partial charge is 0.397 e. The Balaban J connectivity index is 3.13. The summed E-state index contributed by atoms with van der Waals surface area (Å²) in [7, 11) is 3.20. The maximum absolute atomic E-state index is 12.6. The predicted octanol–water partition coefficient (Wildman–Crippen LogP) is 1.03. The lowest BCUT2D eigenvalue weighted by Crippen LogP contribution is -2.32. The van der Waals surface area contributed by atoms with E-state index in [-0.39, 0.29) is 24.7 Å². The molecule has 0 spiro atoms. The number of alkyl halides is 2. The molecule has 3 N–H and O–H groups in total. The van der Waals surface area contributed by atoms with Crippen LogP contribution in [0.15, 0.2) is 18.2 Å². The molecule has 5 nitrogen and oxygen atoms in total. The van der Waals surface area contributed by atoms with Crippen molar-refractivity contribution >= 4 is 17.3 Å². The minimum atomic E-state index is -2.56. The Bertz CT molecular complexity index is 467. The number of nitrogens with two attached hydrogens (primary N) is 1. The van der Waals surface area contributed by atoms with E-state index in [2.05, 4.69) is 0 Å². The van der Waals surface area contributed by atoms with E-state index in [1.54, 1.807) is 20.2 Å². The molecule has 0 fully saturated rings. The number of nitrogen functional groups attached to an aromatic ring is 1. The molecule has 0 unspecified atom stereocenters. The molecule has 0 radical (unpaired) electrons. The van der Waals surface area contributed by atoms with E-state index in [4.69, 9.17) is 10.8 Å². The van der Waals surface area contributed by atoms with Crippen LogP contribution in [0.2, 0.25) is 0 Å². The lowest BCUT2D eigenvalue weighted by molar-refractivity contribution is 0.0827. The van der Waals surface area contributed by atoms with Crippen LogP contribution in [-0.4, -0.2) is 56.1 Å². The number of halogens is 2. The van der Waals surface area contributed by atoms with Gasteiger partial charge in [0.25, 0.3) is 12.3 Å². The molecule has 1 amide bonds. The van der Waals surface area contributed by atoms with Gasteiger partial charge in [-0.1, -0.05) is 0 Å². The molecule has 0 saturated heterocycles. The highest BCUT2D eigenvalue weighted by molar-refractivity contribution is 5.96. The minimum Gasteiger partial charge on any atom is -0.397 e. The van der Waals surface area contributed by atoms with Gasteiger partial charge in [0.15, 0.2) is 0 Å². The van der Waals surface area contributed by atoms with Gasteiger partial charge in [0.05, 0.1) is 24.5 Å². The summed E-state index contributed by atoms with van der Waals surface area (Å²) in [4.78, 5) is 14.5. The normalized spacial score (nSPS) is 10.7. The number of rotatable bonds is 6. The number of anilines is 2. The second kappa shape index (κ2) is 7.04. The molecular weight excluding hydrogens is 268 g/mol. The van der Waals surface area contributed by atoms with Gasteiger partial charge in [-0.2, -0.15) is 0 Å². The Labute approximate surface area is 116 Å². The first-order valence-electron chi connectivity index (χ1n) is 6.12. The second-order valence-electron chi connectivity index (χ2n) is 4.53. The van der Waals surface area contributed by atoms with Crippen molar-refractivity contribution in [2.75, 3.05) is 44.4 Å². The van der Waals surface area contributed by atoms with E-state index in [0.717, 1.165) is 0 Å². The van der Waals surface area contributed by atoms with Crippen molar-refractivity contribution in [3.05, 3.63) is 23.8 Å². The molecule has 0 atom stereocenters. The van der Waals surface area contributed by atoms with Crippen molar-refractivity contribution in [1.82, 2.24) is 4.90 Å². The SMILES string of the molecule is CN(C)C(=O)c1ccc(N)c(N(CCO)CC(F)F)c1. The van der Waals surface area contributed by atoms with Gasteiger partial charge in [0.2, 0.25) is 0 Å². The van der Waals surface area contributed by atoms with Gasteiger partial charge < -0.3 is 20.6 Å². The highest BCUT2D eigenvalue weighted by Crippen LogP contribution is 2.25. The van der Waals surface area contributed by atoms with Crippen molar-refractivity contribution in [3.8, 4) is 0 Å². The standard InChI is InChI=1S/C13H19F2N3O2/c1-17(2)13(20)9-3-4-10(16)11(7-9)18(5-6-19)8-12(14)15/h3-4,7,12,19H,5-6,8,16H2,1-2H3. The van der Waals surface area contributed by atoms with E-state index in [1.807, 2.05) is 0 Å². The third-order valence-corrected chi connectivity index (χ3v) is 2.75. The van der Waals surface area contributed by atoms with Crippen LogP contribution in [0.1, 0.15) is 10.4 Å². The first-order valence-corrected chi connectivity index (χ1v) is 6.12. The van der Waals surface area contributed by atoms with Crippen LogP contribution in [0.3, 0.4) is 0 Å². The summed E-state index contributed by atoms with van der Waals surface area (Å²) >= 11 is 0. The molecule has 1 rings (SSSR count). The summed E-state index contributed by atoms with van der Waals surface area (Å²) in [6, 6.07) is 4.51. The smallest absolute Gasteiger partial charge is 0.255 e. The minimum absolute atomic E-state index is 0.0220. The number of benzene rings is 1. The third-order valence-electron chi connectivity index (χ3n) is 2.75. The number of aliphatic hydroxyl groups excluding tert-OH is 1. The molecule has 0 aliphatic heterocycles. The van der Waals surface area contributed by atoms with Crippen LogP contribution in [-0.2, 0) is 0 Å². The van der Waals surface area contributed by atoms with Gasteiger partial charge in [0.1, 0.15) is 0 Å². The fourth-order valence-electron chi connectivity index (χ4n) is 1.81. The molecule has 1 aromatic rings. The molecule has 112 valence electrons. The lowest BCUT2D eigenvalue weighted by atomic mass is 10.1. The van der Waals surface area contributed by atoms with Gasteiger partial charge in [-0.15, -0.1) is 0 Å². The number of aliphatic hydroxyl groups is 1. The number of amides is 1. The summed E-state index contributed by atoms with van der Waals surface area (Å²) in [6.07, 6.45) is -2.56. The monoisotopic (exact) mass is 287 g/mol. The van der Waals surface area contributed by atoms with Gasteiger partial charge in [-0.05, 0) is 18.2 Å². The number of nitrogens with zero attached hydrogens (tertiary/aromatic N) is 2. The van der Waals surface area contributed by atoms with Crippen molar-refractivity contribution in [2.45, 2.75) is 6.43 Å². The Morgan fingerprint density at radius 3 is 2.55 bits per heavy atom. The van der Waals surface area contributed by atoms with E-state index in [9.17, 15) is 13.6 Å². The van der Waals surface area contributed by atoms with E-state index in [1.165, 1.54) is 21.9 Å². The Hall–Kier alpha value is -1.89. The zero-order valence-corrected chi connectivity index (χ0v) is 11.5. The quantitative estimate of drug-likeness (QED) is 0.767. The topological polar surface area (TPSA) is 69.8 Å². The Morgan fingerprint density at radius 2 is 2.05 bits per heavy atom. The summed E-state index contributed by atoms with van der Waals surface area (Å²) in [5.41, 5.74) is 6.75. The molecule has 0 saturated carbocycles. The molecule has 20 heavy (non-hydrogen) atoms. The maximum Gasteiger partial charge on any atom is 0.255 e. The highest BCUT2D eigenvalue weighted by Gasteiger charge is 2.17. The van der Waals surface area contributed by atoms with Crippen LogP contribution >= 0.6 is 0 Å². The third kappa shape index (κ3) is 4.06. The molecular formula is C13H19F2N3O2. The zero-order valence-electron chi connectivity index (χ0n) is 11.5. The first kappa shape index (κ1) is 16.2. The average molecular weight is 287 g/mol. The van der Waals surface area contributed by atoms with Gasteiger partial charge >= 0.3 is 0 Å². The fourth-order valence-corrected chi connectivity index (χ4v) is 1.81. The second-order valence-corrected chi connectivity index (χ2v) is 4.53. The van der Waals surface area contributed by atoms with Crippen LogP contribution in [0.4, 0.5) is 20.2 Å². The summed E-state index contributed by atoms with van der Waals surface area (Å²) in [6.45, 7) is -0.809. The molecule has 0 aromatic heterocycles. The van der Waals surface area contributed by atoms with Gasteiger partial charge in [0, 0.05) is 26.2 Å². The van der Waals surface area contributed by atoms with Gasteiger partial charge in [-0.3, -0.25) is 4.79 Å². The molecule has 0 heterocycles. The lowest BCUT2D eigenvalue weighted by Gasteiger charge is -2.25. The van der Waals surface area contributed by atoms with E-state index < -0.39 is 13.0 Å². The number of hydrogen-bond acceptors (Lipinski definition) is 4. The molecule has 1 aromatic carbocycles. The average Bonchev–Trinajstić information content (AvgIpc) is 2.37. The fraction of sp³-hybridized carbons (Fsp3) is 0.462. The van der Waals surface area contributed by atoms with Gasteiger partial charge in [-0.25, -0.2) is 8.78 Å². The predicted molar refractivity (Wildman–Crippen MR) is 74.2 cm³/mol. The summed E-state index contributed by atoms with van der Waals surface area (Å²) in [5.74, 6) is -0.243. The summed E-state index contributed by atoms with van der Waals surface area (Å²) in [5, 5.41) is 8.97. The zero-order chi connectivity index (χ0) is 15.3. The summed E-state index contributed by atoms with van der Waals surface area (Å²) < 4.78 is 25.1. The Kier molecular flexibility index (Phi) is 5.69. The molecule has 0 bridgehead atoms. The van der Waals surface area contributed by atoms with Crippen molar-refractivity contribution in [2.24, 2.45) is 0 Å². The Morgan fingerprint density at radius 1 is 1.40 bits per heavy atom. The van der Waals surface area contributed by atoms with Crippen molar-refractivity contribution in [3.63, 3.8) is 0 Å². The molecule has 0 aliphatic rings. The van der Waals surface area contributed by atoms with E-state index >= 15 is 0 Å². The van der Waals surface area contributed by atoms with E-state index in [0.29, 0.717) is 11.3 Å². The van der Waals surface area contributed by atoms with Crippen LogP contribution in [0, 0.1) is 0 Å². The first-order chi connectivity index (χ1) is 9.36. The molecule has 7 heteroatoms. The van der Waals surface area contributed by atoms with Crippen LogP contribution < -0.4 is 10.6 Å². The van der Waals surface area contributed by atoms with Crippen LogP contribution in [0.25, 0.3) is 0 Å². The molecule has 0 aliphatic carbocycles.